The van der Waals surface area contributed by atoms with Gasteiger partial charge in [-0.05, 0) is 38.1 Å². The Morgan fingerprint density at radius 1 is 1.38 bits per heavy atom. The Morgan fingerprint density at radius 2 is 2.23 bits per heavy atom. The topological polar surface area (TPSA) is 89.1 Å². The number of rotatable bonds is 7. The summed E-state index contributed by atoms with van der Waals surface area (Å²) in [5.74, 6) is 1.02. The van der Waals surface area contributed by atoms with Crippen molar-refractivity contribution in [1.29, 1.82) is 0 Å². The summed E-state index contributed by atoms with van der Waals surface area (Å²) in [4.78, 5) is 18.7. The highest BCUT2D eigenvalue weighted by atomic mass is 16.5. The number of carbonyl (C=O) groups excluding carboxylic acids is 1. The molecule has 4 rings (SSSR count). The molecule has 26 heavy (non-hydrogen) atoms. The van der Waals surface area contributed by atoms with Crippen LogP contribution in [0.4, 0.5) is 0 Å². The number of nitrogens with one attached hydrogen (secondary N) is 1. The van der Waals surface area contributed by atoms with Crippen molar-refractivity contribution in [1.82, 2.24) is 30.1 Å². The standard InChI is InChI=1S/C18H26N6O2/c1-12(2)9-24-11-13(8-19-24)10-23-7-3-4-15(23)18-21-16(22-26-18)17(25)20-14-5-6-14/h8,11-12,14-15H,3-7,9-10H2,1-2H3,(H,20,25)/t15-/m0/s1. The Morgan fingerprint density at radius 3 is 3.00 bits per heavy atom. The molecule has 2 aliphatic rings. The summed E-state index contributed by atoms with van der Waals surface area (Å²) in [6.45, 7) is 7.07. The number of hydrogen-bond acceptors (Lipinski definition) is 6. The second-order valence-electron chi connectivity index (χ2n) is 7.80. The van der Waals surface area contributed by atoms with Crippen molar-refractivity contribution in [2.24, 2.45) is 5.92 Å². The van der Waals surface area contributed by atoms with E-state index < -0.39 is 0 Å². The molecule has 0 radical (unpaired) electrons. The van der Waals surface area contributed by atoms with Crippen molar-refractivity contribution < 1.29 is 9.32 Å². The second-order valence-corrected chi connectivity index (χ2v) is 7.80. The molecule has 3 heterocycles. The third-order valence-electron chi connectivity index (χ3n) is 4.83. The normalized spacial score (nSPS) is 20.8. The van der Waals surface area contributed by atoms with E-state index in [4.69, 9.17) is 4.52 Å². The smallest absolute Gasteiger partial charge is 0.292 e. The van der Waals surface area contributed by atoms with E-state index in [2.05, 4.69) is 45.5 Å². The van der Waals surface area contributed by atoms with Gasteiger partial charge in [-0.1, -0.05) is 19.0 Å². The van der Waals surface area contributed by atoms with Gasteiger partial charge in [0.05, 0.1) is 12.2 Å². The van der Waals surface area contributed by atoms with Crippen molar-refractivity contribution in [3.8, 4) is 0 Å². The van der Waals surface area contributed by atoms with Gasteiger partial charge >= 0.3 is 0 Å². The van der Waals surface area contributed by atoms with Crippen LogP contribution in [0.1, 0.15) is 67.6 Å². The molecule has 0 bridgehead atoms. The molecular formula is C18H26N6O2. The molecule has 1 amide bonds. The molecule has 1 saturated carbocycles. The van der Waals surface area contributed by atoms with Gasteiger partial charge in [-0.3, -0.25) is 14.4 Å². The first-order chi connectivity index (χ1) is 12.6. The second kappa shape index (κ2) is 7.19. The van der Waals surface area contributed by atoms with Gasteiger partial charge in [0, 0.05) is 30.9 Å². The van der Waals surface area contributed by atoms with Gasteiger partial charge in [0.15, 0.2) is 0 Å². The minimum Gasteiger partial charge on any atom is -0.346 e. The predicted molar refractivity (Wildman–Crippen MR) is 94.2 cm³/mol. The monoisotopic (exact) mass is 358 g/mol. The average molecular weight is 358 g/mol. The van der Waals surface area contributed by atoms with E-state index in [1.165, 1.54) is 5.56 Å². The summed E-state index contributed by atoms with van der Waals surface area (Å²) >= 11 is 0. The molecule has 2 aromatic rings. The molecule has 1 N–H and O–H groups in total. The summed E-state index contributed by atoms with van der Waals surface area (Å²) in [6.07, 6.45) is 8.16. The first kappa shape index (κ1) is 17.2. The fraction of sp³-hybridized carbons (Fsp3) is 0.667. The van der Waals surface area contributed by atoms with Crippen LogP contribution in [-0.2, 0) is 13.1 Å². The maximum absolute atomic E-state index is 12.1. The van der Waals surface area contributed by atoms with Gasteiger partial charge in [-0.15, -0.1) is 0 Å². The summed E-state index contributed by atoms with van der Waals surface area (Å²) < 4.78 is 7.41. The quantitative estimate of drug-likeness (QED) is 0.816. The molecular weight excluding hydrogens is 332 g/mol. The molecule has 1 aliphatic heterocycles. The van der Waals surface area contributed by atoms with Gasteiger partial charge in [0.25, 0.3) is 11.7 Å². The van der Waals surface area contributed by atoms with Gasteiger partial charge in [-0.2, -0.15) is 10.1 Å². The van der Waals surface area contributed by atoms with Crippen LogP contribution >= 0.6 is 0 Å². The number of hydrogen-bond donors (Lipinski definition) is 1. The first-order valence-electron chi connectivity index (χ1n) is 9.48. The third kappa shape index (κ3) is 3.95. The Balaban J connectivity index is 1.40. The molecule has 8 heteroatoms. The molecule has 2 aromatic heterocycles. The zero-order valence-electron chi connectivity index (χ0n) is 15.4. The molecule has 140 valence electrons. The van der Waals surface area contributed by atoms with Gasteiger partial charge in [-0.25, -0.2) is 0 Å². The predicted octanol–water partition coefficient (Wildman–Crippen LogP) is 2.15. The number of likely N-dealkylation sites (tertiary alicyclic amines) is 1. The van der Waals surface area contributed by atoms with Crippen molar-refractivity contribution in [3.05, 3.63) is 29.7 Å². The van der Waals surface area contributed by atoms with Crippen LogP contribution < -0.4 is 5.32 Å². The van der Waals surface area contributed by atoms with E-state index in [1.807, 2.05) is 10.9 Å². The number of nitrogens with zero attached hydrogens (tertiary/aromatic N) is 5. The van der Waals surface area contributed by atoms with Crippen LogP contribution in [-0.4, -0.2) is 43.3 Å². The Kier molecular flexibility index (Phi) is 4.76. The van der Waals surface area contributed by atoms with E-state index in [1.54, 1.807) is 0 Å². The molecule has 8 nitrogen and oxygen atoms in total. The lowest BCUT2D eigenvalue weighted by Gasteiger charge is -2.20. The summed E-state index contributed by atoms with van der Waals surface area (Å²) in [6, 6.07) is 0.355. The Labute approximate surface area is 152 Å². The fourth-order valence-electron chi connectivity index (χ4n) is 3.43. The van der Waals surface area contributed by atoms with Crippen LogP contribution in [0, 0.1) is 5.92 Å². The highest BCUT2D eigenvalue weighted by Crippen LogP contribution is 2.32. The Hall–Kier alpha value is -2.22. The van der Waals surface area contributed by atoms with Crippen molar-refractivity contribution in [2.45, 2.75) is 64.7 Å². The summed E-state index contributed by atoms with van der Waals surface area (Å²) in [7, 11) is 0. The Bertz CT molecular complexity index is 763. The highest BCUT2D eigenvalue weighted by Gasteiger charge is 2.32. The molecule has 0 spiro atoms. The minimum atomic E-state index is -0.234. The first-order valence-corrected chi connectivity index (χ1v) is 9.48. The lowest BCUT2D eigenvalue weighted by molar-refractivity contribution is 0.0937. The molecule has 1 atom stereocenters. The lowest BCUT2D eigenvalue weighted by Crippen LogP contribution is -2.26. The fourth-order valence-corrected chi connectivity index (χ4v) is 3.43. The molecule has 1 aliphatic carbocycles. The van der Waals surface area contributed by atoms with E-state index >= 15 is 0 Å². The van der Waals surface area contributed by atoms with Crippen LogP contribution in [0.3, 0.4) is 0 Å². The van der Waals surface area contributed by atoms with Crippen LogP contribution in [0.25, 0.3) is 0 Å². The van der Waals surface area contributed by atoms with Crippen LogP contribution in [0.15, 0.2) is 16.9 Å². The van der Waals surface area contributed by atoms with Crippen molar-refractivity contribution in [3.63, 3.8) is 0 Å². The molecule has 0 aromatic carbocycles. The van der Waals surface area contributed by atoms with Gasteiger partial charge < -0.3 is 9.84 Å². The van der Waals surface area contributed by atoms with Crippen molar-refractivity contribution >= 4 is 5.91 Å². The molecule has 0 unspecified atom stereocenters. The zero-order valence-corrected chi connectivity index (χ0v) is 15.4. The van der Waals surface area contributed by atoms with Crippen LogP contribution in [0.2, 0.25) is 0 Å². The molecule has 2 fully saturated rings. The SMILES string of the molecule is CC(C)Cn1cc(CN2CCC[C@H]2c2nc(C(=O)NC3CC3)no2)cn1. The van der Waals surface area contributed by atoms with Crippen LogP contribution in [0.5, 0.6) is 0 Å². The van der Waals surface area contributed by atoms with Gasteiger partial charge in [0.2, 0.25) is 5.89 Å². The number of aromatic nitrogens is 4. The summed E-state index contributed by atoms with van der Waals surface area (Å²) in [5, 5.41) is 11.2. The lowest BCUT2D eigenvalue weighted by atomic mass is 10.2. The van der Waals surface area contributed by atoms with Gasteiger partial charge in [0.1, 0.15) is 0 Å². The summed E-state index contributed by atoms with van der Waals surface area (Å²) in [5.41, 5.74) is 1.18. The maximum Gasteiger partial charge on any atom is 0.292 e. The van der Waals surface area contributed by atoms with E-state index in [-0.39, 0.29) is 23.8 Å². The molecule has 1 saturated heterocycles. The third-order valence-corrected chi connectivity index (χ3v) is 4.83. The average Bonchev–Trinajstić information content (AvgIpc) is 3.02. The maximum atomic E-state index is 12.1. The zero-order chi connectivity index (χ0) is 18.1. The number of carbonyl (C=O) groups is 1. The van der Waals surface area contributed by atoms with Crippen molar-refractivity contribution in [2.75, 3.05) is 6.54 Å². The highest BCUT2D eigenvalue weighted by molar-refractivity contribution is 5.90. The number of amides is 1. The minimum absolute atomic E-state index is 0.0680. The van der Waals surface area contributed by atoms with E-state index in [0.29, 0.717) is 11.8 Å². The largest absolute Gasteiger partial charge is 0.346 e. The van der Waals surface area contributed by atoms with E-state index in [9.17, 15) is 4.79 Å². The van der Waals surface area contributed by atoms with E-state index in [0.717, 1.165) is 45.3 Å².